The number of nitriles is 1. The summed E-state index contributed by atoms with van der Waals surface area (Å²) < 4.78 is 10.3. The number of urea groups is 1. The van der Waals surface area contributed by atoms with Gasteiger partial charge in [0, 0.05) is 31.5 Å². The van der Waals surface area contributed by atoms with Gasteiger partial charge in [0.15, 0.2) is 5.82 Å². The molecule has 3 rings (SSSR count). The van der Waals surface area contributed by atoms with Gasteiger partial charge >= 0.3 is 18.0 Å². The van der Waals surface area contributed by atoms with Crippen LogP contribution in [0.25, 0.3) is 22.5 Å². The van der Waals surface area contributed by atoms with E-state index in [1.807, 2.05) is 61.5 Å². The normalized spacial score (nSPS) is 10.9. The molecule has 0 spiro atoms. The summed E-state index contributed by atoms with van der Waals surface area (Å²) in [6, 6.07) is 16.7. The van der Waals surface area contributed by atoms with Crippen molar-refractivity contribution in [2.24, 2.45) is 0 Å². The highest BCUT2D eigenvalue weighted by Gasteiger charge is 2.50. The standard InChI is InChI=1S/C29H35N7O5/c1-4-7-19-36(28(39)31-29(17-10-18-30,26(37)40-5-2)27(38)41-6-3)20-21-13-15-22(16-14-21)23-11-8-9-12-24(23)25-32-34-35-33-25/h8-9,11-16H,4-7,10,17,19-20H2,1-3H3,(H,31,39)(H,32,33,34,35). The van der Waals surface area contributed by atoms with Crippen molar-refractivity contribution in [2.45, 2.75) is 58.5 Å². The van der Waals surface area contributed by atoms with Crippen LogP contribution in [-0.2, 0) is 25.6 Å². The minimum absolute atomic E-state index is 0.00954. The van der Waals surface area contributed by atoms with Crippen molar-refractivity contribution in [1.82, 2.24) is 30.8 Å². The van der Waals surface area contributed by atoms with Crippen molar-refractivity contribution in [3.63, 3.8) is 0 Å². The second-order valence-corrected chi connectivity index (χ2v) is 9.20. The predicted molar refractivity (Wildman–Crippen MR) is 150 cm³/mol. The van der Waals surface area contributed by atoms with Gasteiger partial charge in [0.25, 0.3) is 0 Å². The highest BCUT2D eigenvalue weighted by molar-refractivity contribution is 6.07. The van der Waals surface area contributed by atoms with Crippen LogP contribution in [0.15, 0.2) is 48.5 Å². The van der Waals surface area contributed by atoms with E-state index in [2.05, 4.69) is 25.9 Å². The van der Waals surface area contributed by atoms with Crippen molar-refractivity contribution in [2.75, 3.05) is 19.8 Å². The molecule has 41 heavy (non-hydrogen) atoms. The van der Waals surface area contributed by atoms with E-state index in [9.17, 15) is 19.6 Å². The number of rotatable bonds is 14. The fraction of sp³-hybridized carbons (Fsp3) is 0.414. The molecule has 0 saturated heterocycles. The number of ether oxygens (including phenoxy) is 2. The molecule has 2 N–H and O–H groups in total. The first-order valence-electron chi connectivity index (χ1n) is 13.6. The minimum atomic E-state index is -2.13. The highest BCUT2D eigenvalue weighted by atomic mass is 16.6. The fourth-order valence-corrected chi connectivity index (χ4v) is 4.29. The molecule has 0 aliphatic rings. The molecule has 0 bridgehead atoms. The van der Waals surface area contributed by atoms with Crippen molar-refractivity contribution in [3.8, 4) is 28.6 Å². The summed E-state index contributed by atoms with van der Waals surface area (Å²) in [6.45, 7) is 5.77. The number of unbranched alkanes of at least 4 members (excludes halogenated alkanes) is 1. The van der Waals surface area contributed by atoms with Crippen LogP contribution in [-0.4, -0.2) is 68.8 Å². The average Bonchev–Trinajstić information content (AvgIpc) is 3.53. The third-order valence-corrected chi connectivity index (χ3v) is 6.41. The first kappa shape index (κ1) is 30.7. The lowest BCUT2D eigenvalue weighted by Crippen LogP contribution is -2.63. The maximum absolute atomic E-state index is 13.6. The lowest BCUT2D eigenvalue weighted by molar-refractivity contribution is -0.166. The highest BCUT2D eigenvalue weighted by Crippen LogP contribution is 2.30. The Labute approximate surface area is 239 Å². The van der Waals surface area contributed by atoms with Crippen LogP contribution in [0.4, 0.5) is 4.79 Å². The number of tetrazole rings is 1. The first-order chi connectivity index (χ1) is 19.9. The van der Waals surface area contributed by atoms with E-state index in [1.54, 1.807) is 13.8 Å². The monoisotopic (exact) mass is 561 g/mol. The lowest BCUT2D eigenvalue weighted by Gasteiger charge is -2.32. The summed E-state index contributed by atoms with van der Waals surface area (Å²) in [5.41, 5.74) is 1.43. The Morgan fingerprint density at radius 3 is 2.22 bits per heavy atom. The van der Waals surface area contributed by atoms with Crippen LogP contribution >= 0.6 is 0 Å². The zero-order chi connectivity index (χ0) is 29.7. The Morgan fingerprint density at radius 1 is 1.00 bits per heavy atom. The molecule has 0 saturated carbocycles. The van der Waals surface area contributed by atoms with Gasteiger partial charge < -0.3 is 19.7 Å². The van der Waals surface area contributed by atoms with Gasteiger partial charge in [-0.05, 0) is 47.4 Å². The number of aromatic amines is 1. The number of carbonyl (C=O) groups is 3. The smallest absolute Gasteiger partial charge is 0.343 e. The number of benzene rings is 2. The molecule has 216 valence electrons. The minimum Gasteiger partial charge on any atom is -0.464 e. The van der Waals surface area contributed by atoms with E-state index in [4.69, 9.17) is 9.47 Å². The molecule has 12 nitrogen and oxygen atoms in total. The molecule has 0 aliphatic heterocycles. The molecule has 0 unspecified atom stereocenters. The van der Waals surface area contributed by atoms with Crippen molar-refractivity contribution >= 4 is 18.0 Å². The van der Waals surface area contributed by atoms with Crippen LogP contribution in [0.5, 0.6) is 0 Å². The molecule has 2 aromatic carbocycles. The molecule has 1 aromatic heterocycles. The fourth-order valence-electron chi connectivity index (χ4n) is 4.29. The molecule has 1 heterocycles. The Morgan fingerprint density at radius 2 is 1.66 bits per heavy atom. The predicted octanol–water partition coefficient (Wildman–Crippen LogP) is 4.01. The summed E-state index contributed by atoms with van der Waals surface area (Å²) in [5.74, 6) is -1.36. The Kier molecular flexibility index (Phi) is 11.3. The summed E-state index contributed by atoms with van der Waals surface area (Å²) in [5, 5.41) is 25.9. The van der Waals surface area contributed by atoms with Gasteiger partial charge in [0.1, 0.15) is 0 Å². The maximum Gasteiger partial charge on any atom is 0.343 e. The van der Waals surface area contributed by atoms with Crippen molar-refractivity contribution in [1.29, 1.82) is 5.26 Å². The quantitative estimate of drug-likeness (QED) is 0.219. The summed E-state index contributed by atoms with van der Waals surface area (Å²) >= 11 is 0. The van der Waals surface area contributed by atoms with Gasteiger partial charge in [0.2, 0.25) is 5.54 Å². The van der Waals surface area contributed by atoms with E-state index in [0.29, 0.717) is 18.8 Å². The molecule has 0 radical (unpaired) electrons. The van der Waals surface area contributed by atoms with Gasteiger partial charge in [-0.2, -0.15) is 5.26 Å². The van der Waals surface area contributed by atoms with Crippen molar-refractivity contribution < 1.29 is 23.9 Å². The average molecular weight is 562 g/mol. The second kappa shape index (κ2) is 15.1. The summed E-state index contributed by atoms with van der Waals surface area (Å²) in [4.78, 5) is 41.2. The van der Waals surface area contributed by atoms with Gasteiger partial charge in [-0.1, -0.05) is 61.9 Å². The number of hydrogen-bond donors (Lipinski definition) is 2. The number of esters is 2. The van der Waals surface area contributed by atoms with Crippen LogP contribution in [0, 0.1) is 11.3 Å². The molecule has 0 aliphatic carbocycles. The van der Waals surface area contributed by atoms with Gasteiger partial charge in [-0.15, -0.1) is 5.10 Å². The van der Waals surface area contributed by atoms with E-state index in [0.717, 1.165) is 28.7 Å². The number of H-pyrrole nitrogens is 1. The van der Waals surface area contributed by atoms with Crippen LogP contribution in [0.3, 0.4) is 0 Å². The van der Waals surface area contributed by atoms with Crippen LogP contribution < -0.4 is 5.32 Å². The number of nitrogens with zero attached hydrogens (tertiary/aromatic N) is 5. The Bertz CT molecular complexity index is 1320. The number of amides is 2. The number of carbonyl (C=O) groups excluding carboxylic acids is 3. The van der Waals surface area contributed by atoms with Gasteiger partial charge in [0.05, 0.1) is 19.3 Å². The number of aromatic nitrogens is 4. The van der Waals surface area contributed by atoms with Crippen LogP contribution in [0.2, 0.25) is 0 Å². The largest absolute Gasteiger partial charge is 0.464 e. The molecule has 3 aromatic rings. The summed E-state index contributed by atoms with van der Waals surface area (Å²) in [7, 11) is 0. The molecule has 0 fully saturated rings. The number of hydrogen-bond acceptors (Lipinski definition) is 9. The lowest BCUT2D eigenvalue weighted by atomic mass is 9.93. The number of nitrogens with one attached hydrogen (secondary N) is 2. The third-order valence-electron chi connectivity index (χ3n) is 6.41. The molecule has 12 heteroatoms. The van der Waals surface area contributed by atoms with Crippen LogP contribution in [0.1, 0.15) is 52.0 Å². The Hall–Kier alpha value is -4.79. The topological polar surface area (TPSA) is 163 Å². The van der Waals surface area contributed by atoms with E-state index < -0.39 is 23.5 Å². The Balaban J connectivity index is 1.87. The SMILES string of the molecule is CCCCN(Cc1ccc(-c2ccccc2-c2nnn[nH]2)cc1)C(=O)NC(CCC#N)(C(=O)OCC)C(=O)OCC. The van der Waals surface area contributed by atoms with E-state index >= 15 is 0 Å². The molecular weight excluding hydrogens is 526 g/mol. The second-order valence-electron chi connectivity index (χ2n) is 9.20. The van der Waals surface area contributed by atoms with Crippen molar-refractivity contribution in [3.05, 3.63) is 54.1 Å². The van der Waals surface area contributed by atoms with E-state index in [-0.39, 0.29) is 32.6 Å². The molecule has 2 amide bonds. The summed E-state index contributed by atoms with van der Waals surface area (Å²) in [6.07, 6.45) is 1.09. The van der Waals surface area contributed by atoms with Gasteiger partial charge in [-0.3, -0.25) is 0 Å². The maximum atomic E-state index is 13.6. The van der Waals surface area contributed by atoms with Gasteiger partial charge in [-0.25, -0.2) is 19.5 Å². The molecular formula is C29H35N7O5. The first-order valence-corrected chi connectivity index (χ1v) is 13.6. The zero-order valence-electron chi connectivity index (χ0n) is 23.6. The molecule has 0 atom stereocenters. The zero-order valence-corrected chi connectivity index (χ0v) is 23.6. The van der Waals surface area contributed by atoms with E-state index in [1.165, 1.54) is 4.90 Å². The third kappa shape index (κ3) is 7.66.